The summed E-state index contributed by atoms with van der Waals surface area (Å²) in [6.45, 7) is 1.73. The predicted molar refractivity (Wildman–Crippen MR) is 58.8 cm³/mol. The molecule has 0 amide bonds. The summed E-state index contributed by atoms with van der Waals surface area (Å²) in [6.07, 6.45) is 2.45. The van der Waals surface area contributed by atoms with Crippen LogP contribution >= 0.6 is 0 Å². The van der Waals surface area contributed by atoms with Gasteiger partial charge in [0.15, 0.2) is 0 Å². The molecule has 1 aromatic carbocycles. The lowest BCUT2D eigenvalue weighted by Gasteiger charge is -2.07. The van der Waals surface area contributed by atoms with Crippen molar-refractivity contribution in [2.45, 2.75) is 13.3 Å². The standard InChI is InChI=1S/C12H13NO2/c1-8(12(14)15)7-9-3-2-4-11-10(9)5-6-13-11/h2-6,8,13H,7H2,1H3,(H,14,15). The van der Waals surface area contributed by atoms with Crippen LogP contribution in [-0.2, 0) is 11.2 Å². The topological polar surface area (TPSA) is 53.1 Å². The molecular weight excluding hydrogens is 190 g/mol. The monoisotopic (exact) mass is 203 g/mol. The zero-order valence-corrected chi connectivity index (χ0v) is 8.53. The van der Waals surface area contributed by atoms with Gasteiger partial charge >= 0.3 is 5.97 Å². The maximum absolute atomic E-state index is 10.8. The number of H-pyrrole nitrogens is 1. The average Bonchev–Trinajstić information content (AvgIpc) is 2.66. The van der Waals surface area contributed by atoms with Gasteiger partial charge in [-0.1, -0.05) is 19.1 Å². The molecule has 0 aliphatic rings. The van der Waals surface area contributed by atoms with Crippen molar-refractivity contribution in [1.82, 2.24) is 4.98 Å². The van der Waals surface area contributed by atoms with Crippen molar-refractivity contribution in [1.29, 1.82) is 0 Å². The van der Waals surface area contributed by atoms with Gasteiger partial charge in [0, 0.05) is 17.1 Å². The second kappa shape index (κ2) is 3.77. The largest absolute Gasteiger partial charge is 0.481 e. The van der Waals surface area contributed by atoms with Crippen molar-refractivity contribution in [2.75, 3.05) is 0 Å². The maximum Gasteiger partial charge on any atom is 0.306 e. The highest BCUT2D eigenvalue weighted by Crippen LogP contribution is 2.20. The van der Waals surface area contributed by atoms with Gasteiger partial charge in [-0.3, -0.25) is 4.79 Å². The van der Waals surface area contributed by atoms with E-state index in [0.29, 0.717) is 6.42 Å². The Morgan fingerprint density at radius 2 is 2.27 bits per heavy atom. The summed E-state index contributed by atoms with van der Waals surface area (Å²) in [6, 6.07) is 7.90. The summed E-state index contributed by atoms with van der Waals surface area (Å²) < 4.78 is 0. The Balaban J connectivity index is 2.35. The first kappa shape index (κ1) is 9.77. The summed E-state index contributed by atoms with van der Waals surface area (Å²) in [5.41, 5.74) is 2.15. The number of carboxylic acid groups (broad SMARTS) is 1. The third kappa shape index (κ3) is 1.86. The Morgan fingerprint density at radius 1 is 1.47 bits per heavy atom. The fourth-order valence-electron chi connectivity index (χ4n) is 1.75. The number of aromatic amines is 1. The number of carboxylic acids is 1. The highest BCUT2D eigenvalue weighted by Gasteiger charge is 2.13. The molecule has 3 nitrogen and oxygen atoms in total. The van der Waals surface area contributed by atoms with Crippen LogP contribution in [0.1, 0.15) is 12.5 Å². The predicted octanol–water partition coefficient (Wildman–Crippen LogP) is 2.43. The van der Waals surface area contributed by atoms with Gasteiger partial charge in [-0.2, -0.15) is 0 Å². The van der Waals surface area contributed by atoms with Crippen LogP contribution < -0.4 is 0 Å². The molecule has 0 spiro atoms. The Labute approximate surface area is 87.7 Å². The zero-order valence-electron chi connectivity index (χ0n) is 8.53. The number of hydrogen-bond acceptors (Lipinski definition) is 1. The highest BCUT2D eigenvalue weighted by molar-refractivity contribution is 5.83. The molecule has 0 radical (unpaired) electrons. The molecule has 0 aliphatic heterocycles. The van der Waals surface area contributed by atoms with Gasteiger partial charge in [0.05, 0.1) is 5.92 Å². The summed E-state index contributed by atoms with van der Waals surface area (Å²) in [4.78, 5) is 13.9. The Bertz CT molecular complexity index is 487. The Hall–Kier alpha value is -1.77. The van der Waals surface area contributed by atoms with E-state index in [4.69, 9.17) is 5.11 Å². The smallest absolute Gasteiger partial charge is 0.306 e. The van der Waals surface area contributed by atoms with E-state index in [0.717, 1.165) is 16.5 Å². The first-order valence-electron chi connectivity index (χ1n) is 4.96. The van der Waals surface area contributed by atoms with Crippen molar-refractivity contribution in [2.24, 2.45) is 5.92 Å². The van der Waals surface area contributed by atoms with Crippen LogP contribution in [0.15, 0.2) is 30.5 Å². The van der Waals surface area contributed by atoms with Crippen molar-refractivity contribution in [3.8, 4) is 0 Å². The number of hydrogen-bond donors (Lipinski definition) is 2. The molecule has 0 saturated carbocycles. The number of aliphatic carboxylic acids is 1. The number of benzene rings is 1. The lowest BCUT2D eigenvalue weighted by atomic mass is 9.98. The molecular formula is C12H13NO2. The number of nitrogens with one attached hydrogen (secondary N) is 1. The lowest BCUT2D eigenvalue weighted by Crippen LogP contribution is -2.12. The molecule has 15 heavy (non-hydrogen) atoms. The van der Waals surface area contributed by atoms with Crippen LogP contribution in [0, 0.1) is 5.92 Å². The zero-order chi connectivity index (χ0) is 10.8. The quantitative estimate of drug-likeness (QED) is 0.804. The minimum absolute atomic E-state index is 0.342. The third-order valence-corrected chi connectivity index (χ3v) is 2.63. The van der Waals surface area contributed by atoms with E-state index >= 15 is 0 Å². The van der Waals surface area contributed by atoms with Gasteiger partial charge in [0.1, 0.15) is 0 Å². The number of fused-ring (bicyclic) bond motifs is 1. The van der Waals surface area contributed by atoms with E-state index < -0.39 is 5.97 Å². The van der Waals surface area contributed by atoms with Gasteiger partial charge in [-0.05, 0) is 24.1 Å². The van der Waals surface area contributed by atoms with Crippen molar-refractivity contribution >= 4 is 16.9 Å². The molecule has 0 fully saturated rings. The van der Waals surface area contributed by atoms with E-state index in [1.54, 1.807) is 6.92 Å². The molecule has 78 valence electrons. The lowest BCUT2D eigenvalue weighted by molar-refractivity contribution is -0.141. The highest BCUT2D eigenvalue weighted by atomic mass is 16.4. The van der Waals surface area contributed by atoms with E-state index in [1.807, 2.05) is 30.5 Å². The summed E-state index contributed by atoms with van der Waals surface area (Å²) in [7, 11) is 0. The molecule has 0 saturated heterocycles. The second-order valence-corrected chi connectivity index (χ2v) is 3.80. The van der Waals surface area contributed by atoms with Crippen molar-refractivity contribution in [3.05, 3.63) is 36.0 Å². The maximum atomic E-state index is 10.8. The normalized spacial score (nSPS) is 12.9. The van der Waals surface area contributed by atoms with Crippen LogP contribution in [0.25, 0.3) is 10.9 Å². The number of rotatable bonds is 3. The van der Waals surface area contributed by atoms with E-state index in [-0.39, 0.29) is 5.92 Å². The van der Waals surface area contributed by atoms with Gasteiger partial charge in [0.25, 0.3) is 0 Å². The van der Waals surface area contributed by atoms with Crippen LogP contribution in [0.5, 0.6) is 0 Å². The molecule has 2 aromatic rings. The van der Waals surface area contributed by atoms with Gasteiger partial charge < -0.3 is 10.1 Å². The number of aromatic nitrogens is 1. The van der Waals surface area contributed by atoms with E-state index in [9.17, 15) is 4.79 Å². The molecule has 0 aliphatic carbocycles. The first-order valence-corrected chi connectivity index (χ1v) is 4.96. The fourth-order valence-corrected chi connectivity index (χ4v) is 1.75. The SMILES string of the molecule is CC(Cc1cccc2[nH]ccc12)C(=O)O. The van der Waals surface area contributed by atoms with Crippen LogP contribution in [0.3, 0.4) is 0 Å². The average molecular weight is 203 g/mol. The van der Waals surface area contributed by atoms with E-state index in [2.05, 4.69) is 4.98 Å². The Morgan fingerprint density at radius 3 is 3.00 bits per heavy atom. The molecule has 0 bridgehead atoms. The molecule has 1 unspecified atom stereocenters. The molecule has 2 rings (SSSR count). The summed E-state index contributed by atoms with van der Waals surface area (Å²) in [5.74, 6) is -1.09. The second-order valence-electron chi connectivity index (χ2n) is 3.80. The van der Waals surface area contributed by atoms with Crippen LogP contribution in [-0.4, -0.2) is 16.1 Å². The van der Waals surface area contributed by atoms with Gasteiger partial charge in [-0.25, -0.2) is 0 Å². The Kier molecular flexibility index (Phi) is 2.46. The minimum atomic E-state index is -0.748. The molecule has 3 heteroatoms. The van der Waals surface area contributed by atoms with Gasteiger partial charge in [0.2, 0.25) is 0 Å². The van der Waals surface area contributed by atoms with Crippen molar-refractivity contribution in [3.63, 3.8) is 0 Å². The van der Waals surface area contributed by atoms with E-state index in [1.165, 1.54) is 0 Å². The van der Waals surface area contributed by atoms with Gasteiger partial charge in [-0.15, -0.1) is 0 Å². The molecule has 1 heterocycles. The molecule has 1 atom stereocenters. The van der Waals surface area contributed by atoms with Crippen LogP contribution in [0.4, 0.5) is 0 Å². The van der Waals surface area contributed by atoms with Crippen molar-refractivity contribution < 1.29 is 9.90 Å². The number of carbonyl (C=O) groups is 1. The fraction of sp³-hybridized carbons (Fsp3) is 0.250. The van der Waals surface area contributed by atoms with Crippen LogP contribution in [0.2, 0.25) is 0 Å². The third-order valence-electron chi connectivity index (χ3n) is 2.63. The minimum Gasteiger partial charge on any atom is -0.481 e. The summed E-state index contributed by atoms with van der Waals surface area (Å²) >= 11 is 0. The molecule has 2 N–H and O–H groups in total. The summed E-state index contributed by atoms with van der Waals surface area (Å²) in [5, 5.41) is 9.97. The molecule has 1 aromatic heterocycles. The first-order chi connectivity index (χ1) is 7.18.